The molecular weight excluding hydrogens is 442 g/mol. The molecule has 3 nitrogen and oxygen atoms in total. The minimum Gasteiger partial charge on any atom is -0.481 e. The molecule has 3 heteroatoms. The van der Waals surface area contributed by atoms with Crippen LogP contribution in [-0.2, 0) is 11.2 Å². The van der Waals surface area contributed by atoms with Crippen LogP contribution in [0.15, 0.2) is 48.7 Å². The Bertz CT molecular complexity index is 818. The van der Waals surface area contributed by atoms with Gasteiger partial charge in [0, 0.05) is 37.1 Å². The second kappa shape index (κ2) is 20.0. The van der Waals surface area contributed by atoms with Gasteiger partial charge in [-0.15, -0.1) is 0 Å². The smallest absolute Gasteiger partial charge is 0.303 e. The van der Waals surface area contributed by atoms with Gasteiger partial charge in [-0.05, 0) is 25.3 Å². The summed E-state index contributed by atoms with van der Waals surface area (Å²) in [5.74, 6) is -0.655. The van der Waals surface area contributed by atoms with E-state index < -0.39 is 5.97 Å². The van der Waals surface area contributed by atoms with Crippen LogP contribution in [0.3, 0.4) is 0 Å². The molecule has 0 saturated carbocycles. The van der Waals surface area contributed by atoms with E-state index in [9.17, 15) is 4.79 Å². The number of aromatic nitrogens is 1. The van der Waals surface area contributed by atoms with E-state index in [4.69, 9.17) is 5.11 Å². The molecule has 2 aromatic rings. The number of nitrogens with zero attached hydrogens (tertiary/aromatic N) is 1. The zero-order valence-corrected chi connectivity index (χ0v) is 23.1. The van der Waals surface area contributed by atoms with Crippen LogP contribution in [0.2, 0.25) is 0 Å². The van der Waals surface area contributed by atoms with E-state index in [1.54, 1.807) is 0 Å². The predicted molar refractivity (Wildman–Crippen MR) is 152 cm³/mol. The lowest BCUT2D eigenvalue weighted by atomic mass is 10.0. The quantitative estimate of drug-likeness (QED) is 0.131. The van der Waals surface area contributed by atoms with Crippen molar-refractivity contribution in [2.45, 2.75) is 135 Å². The summed E-state index contributed by atoms with van der Waals surface area (Å²) in [6.45, 7) is 2.25. The second-order valence-electron chi connectivity index (χ2n) is 10.6. The fourth-order valence-corrected chi connectivity index (χ4v) is 5.19. The molecule has 1 heterocycles. The van der Waals surface area contributed by atoms with E-state index in [0.717, 1.165) is 12.8 Å². The lowest BCUT2D eigenvalue weighted by Gasteiger charge is -2.06. The fraction of sp³-hybridized carbons (Fsp3) is 0.636. The van der Waals surface area contributed by atoms with Crippen LogP contribution < -0.4 is 4.57 Å². The Morgan fingerprint density at radius 3 is 1.53 bits per heavy atom. The van der Waals surface area contributed by atoms with Crippen LogP contribution in [0.1, 0.15) is 133 Å². The molecule has 36 heavy (non-hydrogen) atoms. The number of unbranched alkanes of at least 4 members (excludes halogenated alkanes) is 17. The van der Waals surface area contributed by atoms with E-state index >= 15 is 0 Å². The number of benzene rings is 1. The van der Waals surface area contributed by atoms with Crippen molar-refractivity contribution < 1.29 is 14.5 Å². The number of aliphatic carboxylic acids is 1. The van der Waals surface area contributed by atoms with Crippen molar-refractivity contribution in [3.05, 3.63) is 59.9 Å². The molecule has 200 valence electrons. The predicted octanol–water partition coefficient (Wildman–Crippen LogP) is 9.31. The van der Waals surface area contributed by atoms with Gasteiger partial charge in [0.25, 0.3) is 0 Å². The van der Waals surface area contributed by atoms with Crippen molar-refractivity contribution in [1.82, 2.24) is 0 Å². The van der Waals surface area contributed by atoms with Crippen LogP contribution in [-0.4, -0.2) is 11.1 Å². The molecule has 0 radical (unpaired) electrons. The third-order valence-electron chi connectivity index (χ3n) is 7.48. The summed E-state index contributed by atoms with van der Waals surface area (Å²) in [7, 11) is 0. The average Bonchev–Trinajstić information content (AvgIpc) is 2.88. The Morgan fingerprint density at radius 1 is 0.611 bits per heavy atom. The second-order valence-corrected chi connectivity index (χ2v) is 10.6. The number of rotatable bonds is 22. The van der Waals surface area contributed by atoms with Gasteiger partial charge in [0.05, 0.1) is 0 Å². The maximum absolute atomic E-state index is 10.5. The van der Waals surface area contributed by atoms with Gasteiger partial charge >= 0.3 is 5.97 Å². The van der Waals surface area contributed by atoms with E-state index in [-0.39, 0.29) is 0 Å². The molecule has 0 bridgehead atoms. The highest BCUT2D eigenvalue weighted by Gasteiger charge is 2.13. The summed E-state index contributed by atoms with van der Waals surface area (Å²) in [6, 6.07) is 15.1. The van der Waals surface area contributed by atoms with Crippen LogP contribution >= 0.6 is 0 Å². The van der Waals surface area contributed by atoms with Crippen molar-refractivity contribution in [2.75, 3.05) is 0 Å². The Balaban J connectivity index is 1.35. The van der Waals surface area contributed by atoms with Gasteiger partial charge in [0.1, 0.15) is 0 Å². The zero-order chi connectivity index (χ0) is 25.7. The van der Waals surface area contributed by atoms with Crippen molar-refractivity contribution in [1.29, 1.82) is 0 Å². The average molecular weight is 495 g/mol. The van der Waals surface area contributed by atoms with Gasteiger partial charge in [-0.2, -0.15) is 4.57 Å². The van der Waals surface area contributed by atoms with Crippen molar-refractivity contribution in [3.63, 3.8) is 0 Å². The van der Waals surface area contributed by atoms with E-state index in [1.165, 1.54) is 126 Å². The number of carboxylic acid groups (broad SMARTS) is 1. The van der Waals surface area contributed by atoms with Crippen molar-refractivity contribution >= 4 is 5.97 Å². The molecule has 0 amide bonds. The summed E-state index contributed by atoms with van der Waals surface area (Å²) in [4.78, 5) is 10.5. The van der Waals surface area contributed by atoms with Crippen LogP contribution in [0.5, 0.6) is 0 Å². The Kier molecular flexibility index (Phi) is 16.7. The molecule has 1 N–H and O–H groups in total. The van der Waals surface area contributed by atoms with Crippen molar-refractivity contribution in [3.8, 4) is 5.69 Å². The number of carboxylic acids is 1. The van der Waals surface area contributed by atoms with E-state index in [0.29, 0.717) is 6.42 Å². The summed E-state index contributed by atoms with van der Waals surface area (Å²) in [5, 5.41) is 8.63. The normalized spacial score (nSPS) is 11.1. The van der Waals surface area contributed by atoms with Gasteiger partial charge in [0.2, 0.25) is 5.69 Å². The molecule has 0 aliphatic carbocycles. The fourth-order valence-electron chi connectivity index (χ4n) is 5.19. The maximum Gasteiger partial charge on any atom is 0.303 e. The van der Waals surface area contributed by atoms with Crippen molar-refractivity contribution in [2.24, 2.45) is 0 Å². The Morgan fingerprint density at radius 2 is 1.06 bits per heavy atom. The van der Waals surface area contributed by atoms with Gasteiger partial charge < -0.3 is 5.11 Å². The van der Waals surface area contributed by atoms with Crippen LogP contribution in [0.4, 0.5) is 0 Å². The number of hydrogen-bond acceptors (Lipinski definition) is 1. The third kappa shape index (κ3) is 13.8. The number of pyridine rings is 1. The third-order valence-corrected chi connectivity index (χ3v) is 7.48. The SMILES string of the molecule is Cc1c(CCCCCCCCCCCCCCCCCCCCC(=O)O)ccc[n+]1-c1ccccc1. The highest BCUT2D eigenvalue weighted by molar-refractivity contribution is 5.66. The monoisotopic (exact) mass is 494 g/mol. The van der Waals surface area contributed by atoms with Gasteiger partial charge in [0.15, 0.2) is 11.9 Å². The Labute approximate surface area is 221 Å². The van der Waals surface area contributed by atoms with Gasteiger partial charge in [-0.3, -0.25) is 4.79 Å². The first-order chi connectivity index (χ1) is 17.7. The molecule has 0 saturated heterocycles. The van der Waals surface area contributed by atoms with Gasteiger partial charge in [-0.25, -0.2) is 0 Å². The minimum atomic E-state index is -0.655. The molecule has 0 atom stereocenters. The number of para-hydroxylation sites is 1. The Hall–Kier alpha value is -2.16. The van der Waals surface area contributed by atoms with Crippen LogP contribution in [0.25, 0.3) is 5.69 Å². The minimum absolute atomic E-state index is 0.338. The standard InChI is InChI=1S/C33H51NO2/c1-30-31(25-23-29-34(30)32-26-20-18-21-27-32)24-19-16-14-12-10-8-6-4-2-3-5-7-9-11-13-15-17-22-28-33(35)36/h18,20-21,23,25-27,29H,2-17,19,22,24,28H2,1H3/p+1. The summed E-state index contributed by atoms with van der Waals surface area (Å²) >= 11 is 0. The molecule has 1 aromatic carbocycles. The molecule has 2 rings (SSSR count). The lowest BCUT2D eigenvalue weighted by molar-refractivity contribution is -0.603. The molecule has 0 aliphatic heterocycles. The first-order valence-corrected chi connectivity index (χ1v) is 15.0. The maximum atomic E-state index is 10.5. The summed E-state index contributed by atoms with van der Waals surface area (Å²) in [5.41, 5.74) is 4.10. The van der Waals surface area contributed by atoms with E-state index in [1.807, 2.05) is 0 Å². The zero-order valence-electron chi connectivity index (χ0n) is 23.1. The topological polar surface area (TPSA) is 41.2 Å². The van der Waals surface area contributed by atoms with Gasteiger partial charge in [-0.1, -0.05) is 121 Å². The summed E-state index contributed by atoms with van der Waals surface area (Å²) < 4.78 is 2.31. The van der Waals surface area contributed by atoms with Crippen LogP contribution in [0, 0.1) is 6.92 Å². The molecule has 1 aromatic heterocycles. The molecular formula is C33H52NO2+. The molecule has 0 aliphatic rings. The first-order valence-electron chi connectivity index (χ1n) is 15.0. The molecule has 0 fully saturated rings. The highest BCUT2D eigenvalue weighted by atomic mass is 16.4. The molecule has 0 spiro atoms. The highest BCUT2D eigenvalue weighted by Crippen LogP contribution is 2.16. The number of carbonyl (C=O) groups is 1. The molecule has 0 unspecified atom stereocenters. The number of hydrogen-bond donors (Lipinski definition) is 1. The first kappa shape index (κ1) is 30.1. The number of aryl methyl sites for hydroxylation is 1. The summed E-state index contributed by atoms with van der Waals surface area (Å²) in [6.07, 6.45) is 27.4. The largest absolute Gasteiger partial charge is 0.481 e. The van der Waals surface area contributed by atoms with E-state index in [2.05, 4.69) is 60.2 Å². The lowest BCUT2D eigenvalue weighted by Crippen LogP contribution is -2.34.